The highest BCUT2D eigenvalue weighted by Gasteiger charge is 2.24. The molecule has 82 valence electrons. The smallest absolute Gasteiger partial charge is 0.281 e. The van der Waals surface area contributed by atoms with E-state index in [0.717, 1.165) is 6.07 Å². The molecule has 5 nitrogen and oxygen atoms in total. The van der Waals surface area contributed by atoms with E-state index in [0.29, 0.717) is 0 Å². The lowest BCUT2D eigenvalue weighted by molar-refractivity contribution is -0.385. The molecule has 2 N–H and O–H groups in total. The minimum absolute atomic E-state index is 0.292. The zero-order valence-corrected chi connectivity index (χ0v) is 8.04. The molecule has 1 aromatic heterocycles. The van der Waals surface area contributed by atoms with Gasteiger partial charge in [-0.15, -0.1) is 0 Å². The predicted octanol–water partition coefficient (Wildman–Crippen LogP) is 2.04. The summed E-state index contributed by atoms with van der Waals surface area (Å²) in [7, 11) is 0. The maximum atomic E-state index is 12.4. The predicted molar refractivity (Wildman–Crippen MR) is 48.7 cm³/mol. The number of rotatable bonds is 3. The van der Waals surface area contributed by atoms with Crippen LogP contribution in [0.5, 0.6) is 0 Å². The van der Waals surface area contributed by atoms with Gasteiger partial charge in [-0.25, -0.2) is 13.8 Å². The molecule has 0 aliphatic rings. The third-order valence-corrected chi connectivity index (χ3v) is 1.90. The van der Waals surface area contributed by atoms with Crippen LogP contribution >= 0.6 is 11.6 Å². The van der Waals surface area contributed by atoms with E-state index in [-0.39, 0.29) is 17.3 Å². The lowest BCUT2D eigenvalue weighted by Gasteiger charge is -2.06. The summed E-state index contributed by atoms with van der Waals surface area (Å²) >= 11 is 5.38. The molecule has 0 aliphatic carbocycles. The fourth-order valence-electron chi connectivity index (χ4n) is 1.10. The highest BCUT2D eigenvalue weighted by atomic mass is 35.5. The molecule has 0 unspecified atom stereocenters. The molecule has 1 rings (SSSR count). The summed E-state index contributed by atoms with van der Waals surface area (Å²) in [6, 6.07) is 0.898. The van der Waals surface area contributed by atoms with Gasteiger partial charge >= 0.3 is 0 Å². The first kappa shape index (κ1) is 11.7. The largest absolute Gasteiger partial charge is 0.326 e. The van der Waals surface area contributed by atoms with Crippen LogP contribution in [0.2, 0.25) is 5.15 Å². The molecule has 0 saturated heterocycles. The first-order valence-corrected chi connectivity index (χ1v) is 4.17. The number of halogens is 3. The molecule has 0 spiro atoms. The Labute approximate surface area is 88.0 Å². The lowest BCUT2D eigenvalue weighted by Crippen LogP contribution is -2.08. The second-order valence-electron chi connectivity index (χ2n) is 2.59. The van der Waals surface area contributed by atoms with E-state index in [1.165, 1.54) is 0 Å². The van der Waals surface area contributed by atoms with Crippen LogP contribution in [-0.2, 0) is 6.54 Å². The van der Waals surface area contributed by atoms with Crippen molar-refractivity contribution >= 4 is 17.3 Å². The van der Waals surface area contributed by atoms with Crippen molar-refractivity contribution in [3.8, 4) is 0 Å². The molecule has 0 amide bonds. The van der Waals surface area contributed by atoms with Gasteiger partial charge in [0.15, 0.2) is 0 Å². The number of hydrogen-bond donors (Lipinski definition) is 1. The number of nitrogens with two attached hydrogens (primary N) is 1. The van der Waals surface area contributed by atoms with E-state index in [4.69, 9.17) is 17.3 Å². The van der Waals surface area contributed by atoms with Crippen LogP contribution in [0.15, 0.2) is 6.07 Å². The molecule has 15 heavy (non-hydrogen) atoms. The topological polar surface area (TPSA) is 82.0 Å². The van der Waals surface area contributed by atoms with Gasteiger partial charge in [0.05, 0.1) is 16.6 Å². The number of aromatic nitrogens is 1. The van der Waals surface area contributed by atoms with Crippen LogP contribution in [0.3, 0.4) is 0 Å². The lowest BCUT2D eigenvalue weighted by atomic mass is 10.1. The molecular weight excluding hydrogens is 232 g/mol. The molecule has 8 heteroatoms. The summed E-state index contributed by atoms with van der Waals surface area (Å²) in [5.74, 6) is 0. The Morgan fingerprint density at radius 3 is 2.67 bits per heavy atom. The van der Waals surface area contributed by atoms with E-state index < -0.39 is 22.7 Å². The Hall–Kier alpha value is -1.34. The van der Waals surface area contributed by atoms with Gasteiger partial charge in [0.25, 0.3) is 12.1 Å². The summed E-state index contributed by atoms with van der Waals surface area (Å²) in [6.45, 7) is -0.389. The second kappa shape index (κ2) is 4.45. The summed E-state index contributed by atoms with van der Waals surface area (Å²) in [5.41, 5.74) is 3.59. The molecule has 0 fully saturated rings. The first-order valence-electron chi connectivity index (χ1n) is 3.79. The van der Waals surface area contributed by atoms with Crippen molar-refractivity contribution in [2.24, 2.45) is 5.73 Å². The molecule has 0 aliphatic heterocycles. The average Bonchev–Trinajstić information content (AvgIpc) is 2.16. The van der Waals surface area contributed by atoms with Crippen molar-refractivity contribution in [1.29, 1.82) is 0 Å². The first-order chi connectivity index (χ1) is 6.97. The van der Waals surface area contributed by atoms with Gasteiger partial charge in [0.2, 0.25) is 0 Å². The molecule has 1 heterocycles. The van der Waals surface area contributed by atoms with Gasteiger partial charge in [-0.05, 0) is 0 Å². The number of hydrogen-bond acceptors (Lipinski definition) is 4. The molecule has 0 saturated carbocycles. The summed E-state index contributed by atoms with van der Waals surface area (Å²) in [5, 5.41) is 10.2. The zero-order chi connectivity index (χ0) is 11.6. The Bertz CT molecular complexity index is 400. The van der Waals surface area contributed by atoms with Crippen LogP contribution in [0, 0.1) is 10.1 Å². The number of nitrogens with zero attached hydrogens (tertiary/aromatic N) is 2. The summed E-state index contributed by atoms with van der Waals surface area (Å²) < 4.78 is 24.9. The number of nitro groups is 1. The Morgan fingerprint density at radius 1 is 1.67 bits per heavy atom. The Balaban J connectivity index is 3.45. The van der Waals surface area contributed by atoms with Gasteiger partial charge in [-0.2, -0.15) is 0 Å². The van der Waals surface area contributed by atoms with Gasteiger partial charge in [0.1, 0.15) is 10.8 Å². The minimum atomic E-state index is -2.94. The maximum Gasteiger partial charge on any atom is 0.281 e. The van der Waals surface area contributed by atoms with Crippen LogP contribution in [0.4, 0.5) is 14.5 Å². The molecule has 1 aromatic rings. The zero-order valence-electron chi connectivity index (χ0n) is 7.28. The molecule has 0 radical (unpaired) electrons. The van der Waals surface area contributed by atoms with Gasteiger partial charge in [-0.1, -0.05) is 11.6 Å². The normalized spacial score (nSPS) is 10.7. The third kappa shape index (κ3) is 2.37. The average molecular weight is 238 g/mol. The van der Waals surface area contributed by atoms with Crippen molar-refractivity contribution in [3.63, 3.8) is 0 Å². The molecule has 0 bridgehead atoms. The minimum Gasteiger partial charge on any atom is -0.326 e. The van der Waals surface area contributed by atoms with Crippen LogP contribution in [0.1, 0.15) is 17.7 Å². The number of pyridine rings is 1. The van der Waals surface area contributed by atoms with Crippen molar-refractivity contribution in [2.45, 2.75) is 13.0 Å². The molecule has 0 atom stereocenters. The monoisotopic (exact) mass is 237 g/mol. The Morgan fingerprint density at radius 2 is 2.27 bits per heavy atom. The van der Waals surface area contributed by atoms with Crippen molar-refractivity contribution in [2.75, 3.05) is 0 Å². The van der Waals surface area contributed by atoms with E-state index >= 15 is 0 Å². The van der Waals surface area contributed by atoms with E-state index in [1.807, 2.05) is 0 Å². The van der Waals surface area contributed by atoms with E-state index in [2.05, 4.69) is 4.98 Å². The second-order valence-corrected chi connectivity index (χ2v) is 2.98. The van der Waals surface area contributed by atoms with Crippen LogP contribution < -0.4 is 5.73 Å². The SMILES string of the molecule is NCc1c([N+](=O)[O-])cc(Cl)nc1C(F)F. The van der Waals surface area contributed by atoms with Gasteiger partial charge in [0, 0.05) is 6.54 Å². The fraction of sp³-hybridized carbons (Fsp3) is 0.286. The Kier molecular flexibility index (Phi) is 3.48. The maximum absolute atomic E-state index is 12.4. The summed E-state index contributed by atoms with van der Waals surface area (Å²) in [6.07, 6.45) is -2.94. The van der Waals surface area contributed by atoms with Crippen molar-refractivity contribution in [1.82, 2.24) is 4.98 Å². The summed E-state index contributed by atoms with van der Waals surface area (Å²) in [4.78, 5) is 13.0. The van der Waals surface area contributed by atoms with E-state index in [1.54, 1.807) is 0 Å². The quantitative estimate of drug-likeness (QED) is 0.495. The molecule has 0 aromatic carbocycles. The highest BCUT2D eigenvalue weighted by Crippen LogP contribution is 2.30. The highest BCUT2D eigenvalue weighted by molar-refractivity contribution is 6.29. The number of alkyl halides is 2. The van der Waals surface area contributed by atoms with Crippen molar-refractivity contribution < 1.29 is 13.7 Å². The third-order valence-electron chi connectivity index (χ3n) is 1.71. The standard InChI is InChI=1S/C7H6ClF2N3O2/c8-5-1-4(13(14)15)3(2-11)6(12-5)7(9)10/h1,7H,2,11H2. The fourth-order valence-corrected chi connectivity index (χ4v) is 1.29. The molecular formula is C7H6ClF2N3O2. The van der Waals surface area contributed by atoms with Crippen LogP contribution in [-0.4, -0.2) is 9.91 Å². The van der Waals surface area contributed by atoms with Gasteiger partial charge in [-0.3, -0.25) is 10.1 Å². The van der Waals surface area contributed by atoms with Gasteiger partial charge < -0.3 is 5.73 Å². The van der Waals surface area contributed by atoms with E-state index in [9.17, 15) is 18.9 Å². The van der Waals surface area contributed by atoms with Crippen LogP contribution in [0.25, 0.3) is 0 Å². The van der Waals surface area contributed by atoms with Crippen molar-refractivity contribution in [3.05, 3.63) is 32.6 Å².